The second kappa shape index (κ2) is 43.6. The van der Waals surface area contributed by atoms with E-state index < -0.39 is 32.5 Å². The first kappa shape index (κ1) is 60.7. The van der Waals surface area contributed by atoms with Crippen LogP contribution < -0.4 is 4.89 Å². The van der Waals surface area contributed by atoms with Crippen LogP contribution in [0.5, 0.6) is 0 Å². The van der Waals surface area contributed by atoms with Crippen LogP contribution >= 0.6 is 7.82 Å². The van der Waals surface area contributed by atoms with Gasteiger partial charge in [0.05, 0.1) is 33.9 Å². The van der Waals surface area contributed by atoms with Crippen LogP contribution in [0.25, 0.3) is 0 Å². The summed E-state index contributed by atoms with van der Waals surface area (Å²) >= 11 is 0. The molecule has 3 atom stereocenters. The first-order valence-electron chi connectivity index (χ1n) is 25.1. The summed E-state index contributed by atoms with van der Waals surface area (Å²) in [5.41, 5.74) is 0. The van der Waals surface area contributed by atoms with Crippen LogP contribution in [0.1, 0.15) is 200 Å². The Bertz CT molecular complexity index is 1270. The molecule has 1 N–H and O–H groups in total. The Kier molecular flexibility index (Phi) is 41.9. The number of phosphoric ester groups is 1. The summed E-state index contributed by atoms with van der Waals surface area (Å²) in [6, 6.07) is 0. The van der Waals surface area contributed by atoms with E-state index in [4.69, 9.17) is 18.5 Å². The normalized spacial score (nSPS) is 14.5. The molecule has 0 spiro atoms. The third-order valence-corrected chi connectivity index (χ3v) is 11.7. The van der Waals surface area contributed by atoms with Crippen LogP contribution in [0.3, 0.4) is 0 Å². The summed E-state index contributed by atoms with van der Waals surface area (Å²) in [6.07, 6.45) is 50.7. The molecule has 0 saturated carbocycles. The Balaban J connectivity index is 4.34. The second-order valence-corrected chi connectivity index (χ2v) is 19.4. The summed E-state index contributed by atoms with van der Waals surface area (Å²) in [4.78, 5) is 37.7. The number of hydrogen-bond donors (Lipinski definition) is 1. The number of nitrogens with zero attached hydrogens (tertiary/aromatic N) is 1. The summed E-state index contributed by atoms with van der Waals surface area (Å²) in [5.74, 6) is -0.918. The van der Waals surface area contributed by atoms with Crippen LogP contribution in [0, 0.1) is 0 Å². The molecule has 10 nitrogen and oxygen atoms in total. The highest BCUT2D eigenvalue weighted by atomic mass is 31.2. The molecule has 0 radical (unpaired) electrons. The monoisotopic (exact) mass is 908 g/mol. The number of ether oxygens (including phenoxy) is 2. The smallest absolute Gasteiger partial charge is 0.306 e. The van der Waals surface area contributed by atoms with E-state index in [0.717, 1.165) is 38.5 Å². The molecule has 0 fully saturated rings. The van der Waals surface area contributed by atoms with Gasteiger partial charge in [0.15, 0.2) is 6.10 Å². The van der Waals surface area contributed by atoms with Crippen LogP contribution in [-0.2, 0) is 32.7 Å². The van der Waals surface area contributed by atoms with Gasteiger partial charge in [0.1, 0.15) is 19.8 Å². The van der Waals surface area contributed by atoms with Crippen molar-refractivity contribution >= 4 is 19.8 Å². The van der Waals surface area contributed by atoms with Gasteiger partial charge in [-0.2, -0.15) is 0 Å². The topological polar surface area (TPSA) is 131 Å². The van der Waals surface area contributed by atoms with Crippen molar-refractivity contribution in [3.05, 3.63) is 60.8 Å². The molecule has 0 saturated heterocycles. The standard InChI is InChI=1S/C52H94NO9P/c1-6-8-9-10-11-12-13-14-15-16-17-18-19-20-21-26-29-32-35-38-41-44-52(56)62-50(48-61-63(57,58)60-46-45-53(3,4)5)47-59-51(55)43-40-37-34-31-28-25-23-22-24-27-30-33-36-39-42-49(54)7-2/h23-25,27,31,33-34,36,39,42,49-50,54H,6-22,26,28-30,32,35,37-38,40-41,43-48H2,1-5H3/b25-23-,27-24-,34-31-,36-33-,42-39+/t49-,50+/m0/s1. The number of hydrogen-bond acceptors (Lipinski definition) is 9. The van der Waals surface area contributed by atoms with E-state index in [0.29, 0.717) is 36.7 Å². The Hall–Kier alpha value is -2.33. The molecule has 0 aromatic carbocycles. The van der Waals surface area contributed by atoms with E-state index in [2.05, 4.69) is 37.3 Å². The number of carbonyl (C=O) groups is 2. The molecular weight excluding hydrogens is 814 g/mol. The number of allylic oxidation sites excluding steroid dienone is 9. The van der Waals surface area contributed by atoms with Crippen LogP contribution in [0.15, 0.2) is 60.8 Å². The number of esters is 2. The fourth-order valence-electron chi connectivity index (χ4n) is 6.64. The van der Waals surface area contributed by atoms with E-state index in [1.54, 1.807) is 6.08 Å². The minimum atomic E-state index is -4.65. The largest absolute Gasteiger partial charge is 0.756 e. The van der Waals surface area contributed by atoms with Gasteiger partial charge in [0.25, 0.3) is 7.82 Å². The van der Waals surface area contributed by atoms with Gasteiger partial charge in [0.2, 0.25) is 0 Å². The van der Waals surface area contributed by atoms with Crippen LogP contribution in [0.2, 0.25) is 0 Å². The van der Waals surface area contributed by atoms with Gasteiger partial charge in [-0.1, -0.05) is 203 Å². The maximum atomic E-state index is 12.7. The minimum Gasteiger partial charge on any atom is -0.756 e. The summed E-state index contributed by atoms with van der Waals surface area (Å²) in [6.45, 7) is 3.84. The van der Waals surface area contributed by atoms with Gasteiger partial charge < -0.3 is 33.0 Å². The third-order valence-electron chi connectivity index (χ3n) is 10.7. The molecular formula is C52H94NO9P. The molecule has 0 amide bonds. The molecule has 0 heterocycles. The highest BCUT2D eigenvalue weighted by molar-refractivity contribution is 7.45. The fourth-order valence-corrected chi connectivity index (χ4v) is 7.37. The van der Waals surface area contributed by atoms with Crippen molar-refractivity contribution in [3.63, 3.8) is 0 Å². The van der Waals surface area contributed by atoms with Crippen molar-refractivity contribution in [1.29, 1.82) is 0 Å². The maximum Gasteiger partial charge on any atom is 0.306 e. The van der Waals surface area contributed by atoms with Crippen molar-refractivity contribution < 1.29 is 47.2 Å². The van der Waals surface area contributed by atoms with E-state index in [9.17, 15) is 24.2 Å². The Morgan fingerprint density at radius 1 is 0.587 bits per heavy atom. The van der Waals surface area contributed by atoms with Gasteiger partial charge in [-0.3, -0.25) is 14.2 Å². The summed E-state index contributed by atoms with van der Waals surface area (Å²) < 4.78 is 33.9. The van der Waals surface area contributed by atoms with Gasteiger partial charge >= 0.3 is 11.9 Å². The SMILES string of the molecule is CCCCCCCCCCCCCCCCCCCCCCCC(=O)O[C@H](COC(=O)CCC/C=C\C/C=C\C/C=C\C/C=C\C=C\[C@@H](O)CC)COP(=O)([O-])OCC[N+](C)(C)C. The van der Waals surface area contributed by atoms with Gasteiger partial charge in [-0.05, 0) is 44.9 Å². The number of aliphatic hydroxyl groups is 1. The number of unbranched alkanes of at least 4 members (excludes halogenated alkanes) is 21. The molecule has 366 valence electrons. The van der Waals surface area contributed by atoms with Gasteiger partial charge in [-0.15, -0.1) is 0 Å². The van der Waals surface area contributed by atoms with Crippen molar-refractivity contribution in [2.45, 2.75) is 212 Å². The van der Waals surface area contributed by atoms with Gasteiger partial charge in [0, 0.05) is 12.8 Å². The maximum absolute atomic E-state index is 12.7. The average molecular weight is 908 g/mol. The first-order valence-corrected chi connectivity index (χ1v) is 26.6. The number of phosphoric acid groups is 1. The Morgan fingerprint density at radius 3 is 1.54 bits per heavy atom. The molecule has 63 heavy (non-hydrogen) atoms. The number of carbonyl (C=O) groups excluding carboxylic acids is 2. The van der Waals surface area contributed by atoms with Crippen molar-refractivity contribution in [2.75, 3.05) is 47.5 Å². The van der Waals surface area contributed by atoms with E-state index >= 15 is 0 Å². The van der Waals surface area contributed by atoms with Crippen molar-refractivity contribution in [1.82, 2.24) is 0 Å². The minimum absolute atomic E-state index is 0.0466. The zero-order valence-electron chi connectivity index (χ0n) is 40.9. The zero-order valence-corrected chi connectivity index (χ0v) is 41.8. The van der Waals surface area contributed by atoms with Crippen molar-refractivity contribution in [2.24, 2.45) is 0 Å². The lowest BCUT2D eigenvalue weighted by Crippen LogP contribution is -2.37. The predicted molar refractivity (Wildman–Crippen MR) is 260 cm³/mol. The molecule has 1 unspecified atom stereocenters. The second-order valence-electron chi connectivity index (χ2n) is 18.0. The molecule has 11 heteroatoms. The Morgan fingerprint density at radius 2 is 1.05 bits per heavy atom. The fraction of sp³-hybridized carbons (Fsp3) is 0.769. The zero-order chi connectivity index (χ0) is 46.5. The Labute approximate surface area is 386 Å². The number of rotatable bonds is 45. The molecule has 0 bridgehead atoms. The lowest BCUT2D eigenvalue weighted by atomic mass is 10.0. The molecule has 0 aromatic heterocycles. The molecule has 0 aromatic rings. The van der Waals surface area contributed by atoms with E-state index in [1.807, 2.05) is 52.4 Å². The van der Waals surface area contributed by atoms with Crippen LogP contribution in [0.4, 0.5) is 0 Å². The lowest BCUT2D eigenvalue weighted by molar-refractivity contribution is -0.870. The highest BCUT2D eigenvalue weighted by Crippen LogP contribution is 2.38. The predicted octanol–water partition coefficient (Wildman–Crippen LogP) is 13.1. The summed E-state index contributed by atoms with van der Waals surface area (Å²) in [5, 5.41) is 9.49. The first-order chi connectivity index (χ1) is 30.4. The summed E-state index contributed by atoms with van der Waals surface area (Å²) in [7, 11) is 1.11. The third kappa shape index (κ3) is 47.5. The van der Waals surface area contributed by atoms with Crippen molar-refractivity contribution in [3.8, 4) is 0 Å². The quantitative estimate of drug-likeness (QED) is 0.0158. The highest BCUT2D eigenvalue weighted by Gasteiger charge is 2.21. The molecule has 0 rings (SSSR count). The van der Waals surface area contributed by atoms with Gasteiger partial charge in [-0.25, -0.2) is 0 Å². The average Bonchev–Trinajstić information content (AvgIpc) is 3.24. The molecule has 0 aliphatic carbocycles. The number of quaternary nitrogens is 1. The van der Waals surface area contributed by atoms with E-state index in [1.165, 1.54) is 109 Å². The van der Waals surface area contributed by atoms with E-state index in [-0.39, 0.29) is 32.2 Å². The van der Waals surface area contributed by atoms with Crippen LogP contribution in [-0.4, -0.2) is 81.2 Å². The lowest BCUT2D eigenvalue weighted by Gasteiger charge is -2.28. The number of aliphatic hydroxyl groups excluding tert-OH is 1. The number of likely N-dealkylation sites (N-methyl/N-ethyl adjacent to an activating group) is 1. The molecule has 0 aliphatic rings. The molecule has 0 aliphatic heterocycles.